The number of nitrogens with one attached hydrogen (secondary N) is 1. The minimum atomic E-state index is -0.0252. The molecule has 0 spiro atoms. The van der Waals surface area contributed by atoms with Crippen LogP contribution in [0, 0.1) is 11.8 Å². The smallest absolute Gasteiger partial charge is 0.224 e. The Bertz CT molecular complexity index is 246. The molecule has 1 fully saturated rings. The summed E-state index contributed by atoms with van der Waals surface area (Å²) in [5, 5.41) is 2.99. The van der Waals surface area contributed by atoms with Crippen LogP contribution in [0.5, 0.6) is 0 Å². The van der Waals surface area contributed by atoms with E-state index in [0.717, 1.165) is 19.3 Å². The summed E-state index contributed by atoms with van der Waals surface area (Å²) in [5.74, 6) is 0.673. The molecule has 0 heterocycles. The first-order valence-corrected chi connectivity index (χ1v) is 6.68. The summed E-state index contributed by atoms with van der Waals surface area (Å²) < 4.78 is 5.29. The molecule has 1 aliphatic rings. The van der Waals surface area contributed by atoms with E-state index in [-0.39, 0.29) is 23.9 Å². The fraction of sp³-hybridized carbons (Fsp3) is 0.923. The number of carbonyl (C=O) groups is 1. The molecule has 100 valence electrons. The quantitative estimate of drug-likeness (QED) is 0.763. The van der Waals surface area contributed by atoms with E-state index in [0.29, 0.717) is 19.1 Å². The molecular formula is C13H26N2O2. The van der Waals surface area contributed by atoms with Gasteiger partial charge in [0.05, 0.1) is 12.5 Å². The number of hydrogen-bond acceptors (Lipinski definition) is 3. The summed E-state index contributed by atoms with van der Waals surface area (Å²) in [6.07, 6.45) is 3.01. The van der Waals surface area contributed by atoms with Gasteiger partial charge in [0.1, 0.15) is 0 Å². The SMILES string of the molecule is CCOCC(C)NC(=O)C1CC(C)CCC1N. The summed E-state index contributed by atoms with van der Waals surface area (Å²) in [7, 11) is 0. The largest absolute Gasteiger partial charge is 0.380 e. The Balaban J connectivity index is 2.39. The maximum atomic E-state index is 12.1. The number of amides is 1. The third kappa shape index (κ3) is 4.64. The van der Waals surface area contributed by atoms with Crippen LogP contribution in [-0.2, 0) is 9.53 Å². The van der Waals surface area contributed by atoms with Crippen molar-refractivity contribution in [3.63, 3.8) is 0 Å². The van der Waals surface area contributed by atoms with Crippen LogP contribution < -0.4 is 11.1 Å². The molecule has 0 saturated heterocycles. The first kappa shape index (κ1) is 14.5. The molecule has 1 saturated carbocycles. The van der Waals surface area contributed by atoms with Gasteiger partial charge in [0, 0.05) is 18.7 Å². The molecular weight excluding hydrogens is 216 g/mol. The Morgan fingerprint density at radius 1 is 1.53 bits per heavy atom. The van der Waals surface area contributed by atoms with Gasteiger partial charge in [-0.15, -0.1) is 0 Å². The zero-order chi connectivity index (χ0) is 12.8. The molecule has 0 aromatic carbocycles. The molecule has 4 unspecified atom stereocenters. The second-order valence-corrected chi connectivity index (χ2v) is 5.26. The topological polar surface area (TPSA) is 64.3 Å². The van der Waals surface area contributed by atoms with Gasteiger partial charge < -0.3 is 15.8 Å². The van der Waals surface area contributed by atoms with Crippen LogP contribution in [0.3, 0.4) is 0 Å². The average Bonchev–Trinajstić information content (AvgIpc) is 2.29. The lowest BCUT2D eigenvalue weighted by Gasteiger charge is -2.32. The van der Waals surface area contributed by atoms with Crippen LogP contribution in [0.2, 0.25) is 0 Å². The van der Waals surface area contributed by atoms with Crippen LogP contribution in [-0.4, -0.2) is 31.2 Å². The maximum absolute atomic E-state index is 12.1. The highest BCUT2D eigenvalue weighted by Gasteiger charge is 2.31. The van der Waals surface area contributed by atoms with Crippen molar-refractivity contribution in [2.45, 2.75) is 52.1 Å². The molecule has 4 nitrogen and oxygen atoms in total. The molecule has 17 heavy (non-hydrogen) atoms. The summed E-state index contributed by atoms with van der Waals surface area (Å²) in [6.45, 7) is 7.36. The Kier molecular flexibility index (Phi) is 5.92. The van der Waals surface area contributed by atoms with E-state index >= 15 is 0 Å². The number of hydrogen-bond donors (Lipinski definition) is 2. The van der Waals surface area contributed by atoms with Crippen molar-refractivity contribution in [1.29, 1.82) is 0 Å². The lowest BCUT2D eigenvalue weighted by atomic mass is 9.78. The van der Waals surface area contributed by atoms with Crippen molar-refractivity contribution in [2.24, 2.45) is 17.6 Å². The molecule has 0 aliphatic heterocycles. The van der Waals surface area contributed by atoms with E-state index in [1.165, 1.54) is 0 Å². The fourth-order valence-electron chi connectivity index (χ4n) is 2.39. The lowest BCUT2D eigenvalue weighted by Crippen LogP contribution is -2.48. The highest BCUT2D eigenvalue weighted by molar-refractivity contribution is 5.79. The fourth-order valence-corrected chi connectivity index (χ4v) is 2.39. The van der Waals surface area contributed by atoms with Gasteiger partial charge >= 0.3 is 0 Å². The predicted octanol–water partition coefficient (Wildman–Crippen LogP) is 1.29. The van der Waals surface area contributed by atoms with Crippen molar-refractivity contribution in [3.05, 3.63) is 0 Å². The summed E-state index contributed by atoms with van der Waals surface area (Å²) in [5.41, 5.74) is 6.03. The van der Waals surface area contributed by atoms with Crippen molar-refractivity contribution >= 4 is 5.91 Å². The standard InChI is InChI=1S/C13H26N2O2/c1-4-17-8-10(3)15-13(16)11-7-9(2)5-6-12(11)14/h9-12H,4-8,14H2,1-3H3,(H,15,16). The minimum Gasteiger partial charge on any atom is -0.380 e. The molecule has 1 aliphatic carbocycles. The molecule has 4 atom stereocenters. The summed E-state index contributed by atoms with van der Waals surface area (Å²) >= 11 is 0. The van der Waals surface area contributed by atoms with E-state index in [4.69, 9.17) is 10.5 Å². The first-order valence-electron chi connectivity index (χ1n) is 6.68. The van der Waals surface area contributed by atoms with Crippen molar-refractivity contribution in [2.75, 3.05) is 13.2 Å². The first-order chi connectivity index (χ1) is 8.04. The molecule has 0 aromatic heterocycles. The molecule has 4 heteroatoms. The van der Waals surface area contributed by atoms with Crippen LogP contribution in [0.15, 0.2) is 0 Å². The third-order valence-electron chi connectivity index (χ3n) is 3.46. The summed E-state index contributed by atoms with van der Waals surface area (Å²) in [6, 6.07) is 0.0809. The van der Waals surface area contributed by atoms with E-state index in [9.17, 15) is 4.79 Å². The van der Waals surface area contributed by atoms with Crippen LogP contribution in [0.1, 0.15) is 40.0 Å². The van der Waals surface area contributed by atoms with Crippen LogP contribution in [0.25, 0.3) is 0 Å². The molecule has 0 bridgehead atoms. The Morgan fingerprint density at radius 3 is 2.88 bits per heavy atom. The van der Waals surface area contributed by atoms with Gasteiger partial charge in [-0.25, -0.2) is 0 Å². The Morgan fingerprint density at radius 2 is 2.24 bits per heavy atom. The Labute approximate surface area is 104 Å². The molecule has 3 N–H and O–H groups in total. The molecule has 1 amide bonds. The molecule has 0 aromatic rings. The van der Waals surface area contributed by atoms with E-state index in [2.05, 4.69) is 12.2 Å². The van der Waals surface area contributed by atoms with Gasteiger partial charge in [0.25, 0.3) is 0 Å². The highest BCUT2D eigenvalue weighted by atomic mass is 16.5. The number of nitrogens with two attached hydrogens (primary N) is 1. The zero-order valence-corrected chi connectivity index (χ0v) is 11.2. The monoisotopic (exact) mass is 242 g/mol. The number of carbonyl (C=O) groups excluding carboxylic acids is 1. The maximum Gasteiger partial charge on any atom is 0.224 e. The van der Waals surface area contributed by atoms with Crippen molar-refractivity contribution < 1.29 is 9.53 Å². The molecule has 0 radical (unpaired) electrons. The third-order valence-corrected chi connectivity index (χ3v) is 3.46. The Hall–Kier alpha value is -0.610. The van der Waals surface area contributed by atoms with Gasteiger partial charge in [0.2, 0.25) is 5.91 Å². The minimum absolute atomic E-state index is 0.0190. The van der Waals surface area contributed by atoms with E-state index in [1.54, 1.807) is 0 Å². The summed E-state index contributed by atoms with van der Waals surface area (Å²) in [4.78, 5) is 12.1. The van der Waals surface area contributed by atoms with Gasteiger partial charge in [-0.1, -0.05) is 6.92 Å². The van der Waals surface area contributed by atoms with Crippen LogP contribution in [0.4, 0.5) is 0 Å². The second kappa shape index (κ2) is 6.97. The van der Waals surface area contributed by atoms with E-state index < -0.39 is 0 Å². The van der Waals surface area contributed by atoms with Crippen molar-refractivity contribution in [1.82, 2.24) is 5.32 Å². The van der Waals surface area contributed by atoms with E-state index in [1.807, 2.05) is 13.8 Å². The van der Waals surface area contributed by atoms with Gasteiger partial charge in [0.15, 0.2) is 0 Å². The van der Waals surface area contributed by atoms with Gasteiger partial charge in [-0.2, -0.15) is 0 Å². The van der Waals surface area contributed by atoms with Gasteiger partial charge in [-0.3, -0.25) is 4.79 Å². The number of rotatable bonds is 5. The highest BCUT2D eigenvalue weighted by Crippen LogP contribution is 2.28. The average molecular weight is 242 g/mol. The zero-order valence-electron chi connectivity index (χ0n) is 11.2. The van der Waals surface area contributed by atoms with Crippen LogP contribution >= 0.6 is 0 Å². The lowest BCUT2D eigenvalue weighted by molar-refractivity contribution is -0.128. The number of ether oxygens (including phenoxy) is 1. The predicted molar refractivity (Wildman–Crippen MR) is 68.6 cm³/mol. The molecule has 1 rings (SSSR count). The van der Waals surface area contributed by atoms with Gasteiger partial charge in [-0.05, 0) is 39.0 Å². The van der Waals surface area contributed by atoms with Crippen molar-refractivity contribution in [3.8, 4) is 0 Å². The normalized spacial score (nSPS) is 30.9. The second-order valence-electron chi connectivity index (χ2n) is 5.26.